The summed E-state index contributed by atoms with van der Waals surface area (Å²) in [6.07, 6.45) is 12.2. The number of pyridine rings is 2. The molecule has 57 heavy (non-hydrogen) atoms. The van der Waals surface area contributed by atoms with E-state index in [9.17, 15) is 9.59 Å². The molecule has 5 rings (SSSR count). The maximum atomic E-state index is 11.7. The molecule has 0 saturated heterocycles. The van der Waals surface area contributed by atoms with Gasteiger partial charge in [-0.3, -0.25) is 9.97 Å². The molecular formula is C43H60N10O4. The van der Waals surface area contributed by atoms with E-state index < -0.39 is 0 Å². The van der Waals surface area contributed by atoms with Crippen molar-refractivity contribution in [1.82, 2.24) is 29.9 Å². The predicted molar refractivity (Wildman–Crippen MR) is 229 cm³/mol. The molecule has 306 valence electrons. The molecule has 1 aromatic carbocycles. The van der Waals surface area contributed by atoms with E-state index in [4.69, 9.17) is 20.2 Å². The summed E-state index contributed by atoms with van der Waals surface area (Å²) in [4.78, 5) is 50.0. The summed E-state index contributed by atoms with van der Waals surface area (Å²) in [6.45, 7) is 12.3. The first kappa shape index (κ1) is 44.1. The number of nitrogens with zero attached hydrogens (tertiary/aromatic N) is 6. The summed E-state index contributed by atoms with van der Waals surface area (Å²) < 4.78 is 10.8. The van der Waals surface area contributed by atoms with Crippen LogP contribution < -0.4 is 31.2 Å². The molecule has 0 amide bonds. The Morgan fingerprint density at radius 1 is 0.719 bits per heavy atom. The SMILES string of the molecule is CCCC[C@](C)(CCC(C)=O)Nc1nc(N)nc2cccnc12.CCCC[C@](C)(CCC(C)=O)Nc1nc(NCc2ccc(OC)cc2OC)nc2cccnc12. The van der Waals surface area contributed by atoms with Gasteiger partial charge in [0.05, 0.1) is 25.3 Å². The lowest BCUT2D eigenvalue weighted by atomic mass is 9.89. The van der Waals surface area contributed by atoms with Crippen LogP contribution in [0.5, 0.6) is 11.5 Å². The Bertz CT molecular complexity index is 2100. The first-order valence-corrected chi connectivity index (χ1v) is 19.8. The Labute approximate surface area is 336 Å². The highest BCUT2D eigenvalue weighted by Gasteiger charge is 2.27. The highest BCUT2D eigenvalue weighted by Crippen LogP contribution is 2.31. The van der Waals surface area contributed by atoms with Gasteiger partial charge < -0.3 is 40.7 Å². The van der Waals surface area contributed by atoms with Crippen molar-refractivity contribution in [3.8, 4) is 11.5 Å². The van der Waals surface area contributed by atoms with Crippen molar-refractivity contribution < 1.29 is 19.1 Å². The number of carbonyl (C=O) groups excluding carboxylic acids is 2. The minimum atomic E-state index is -0.281. The number of rotatable bonds is 21. The van der Waals surface area contributed by atoms with Crippen molar-refractivity contribution in [2.45, 2.75) is 123 Å². The second kappa shape index (κ2) is 21.0. The van der Waals surface area contributed by atoms with E-state index >= 15 is 0 Å². The molecule has 0 radical (unpaired) electrons. The fraction of sp³-hybridized carbons (Fsp3) is 0.488. The van der Waals surface area contributed by atoms with Crippen LogP contribution in [0.3, 0.4) is 0 Å². The quantitative estimate of drug-likeness (QED) is 0.0552. The molecule has 4 heterocycles. The van der Waals surface area contributed by atoms with E-state index in [-0.39, 0.29) is 28.6 Å². The van der Waals surface area contributed by atoms with E-state index in [0.29, 0.717) is 53.5 Å². The second-order valence-corrected chi connectivity index (χ2v) is 15.1. The smallest absolute Gasteiger partial charge is 0.225 e. The Hall–Kier alpha value is -5.66. The van der Waals surface area contributed by atoms with Crippen LogP contribution in [-0.2, 0) is 16.1 Å². The summed E-state index contributed by atoms with van der Waals surface area (Å²) in [7, 11) is 3.26. The van der Waals surface area contributed by atoms with Gasteiger partial charge in [-0.2, -0.15) is 9.97 Å². The average Bonchev–Trinajstić information content (AvgIpc) is 3.20. The standard InChI is InChI=1S/C26H35N5O3.C17H25N5O/c1-6-7-13-26(3,14-12-18(2)32)31-24-23-21(9-8-15-27-23)29-25(30-24)28-17-19-10-11-20(33-4)16-22(19)34-5;1-4-5-9-17(3,10-8-12(2)23)22-15-14-13(7-6-11-19-14)20-16(18)21-15/h8-11,15-16H,6-7,12-14,17H2,1-5H3,(H2,28,29,30,31);6-7,11H,4-5,8-10H2,1-3H3,(H3,18,20,21,22)/t26-;17-/m11/s1. The molecule has 0 unspecified atom stereocenters. The summed E-state index contributed by atoms with van der Waals surface area (Å²) >= 11 is 0. The molecule has 0 spiro atoms. The molecule has 0 aliphatic heterocycles. The van der Waals surface area contributed by atoms with Crippen LogP contribution in [0.1, 0.15) is 111 Å². The Kier molecular flexibility index (Phi) is 16.3. The number of nitrogens with two attached hydrogens (primary N) is 1. The number of hydrogen-bond donors (Lipinski definition) is 4. The number of methoxy groups -OCH3 is 2. The van der Waals surface area contributed by atoms with Crippen molar-refractivity contribution in [3.05, 3.63) is 60.4 Å². The van der Waals surface area contributed by atoms with Gasteiger partial charge in [-0.1, -0.05) is 39.5 Å². The number of ketones is 2. The number of nitrogen functional groups attached to an aromatic ring is 1. The summed E-state index contributed by atoms with van der Waals surface area (Å²) in [5.41, 5.74) is 9.14. The maximum absolute atomic E-state index is 11.7. The van der Waals surface area contributed by atoms with Gasteiger partial charge in [-0.05, 0) is 89.8 Å². The number of anilines is 4. The van der Waals surface area contributed by atoms with Crippen LogP contribution in [-0.4, -0.2) is 66.8 Å². The van der Waals surface area contributed by atoms with E-state index in [1.165, 1.54) is 0 Å². The molecule has 14 nitrogen and oxygen atoms in total. The van der Waals surface area contributed by atoms with Crippen LogP contribution in [0.25, 0.3) is 22.1 Å². The van der Waals surface area contributed by atoms with Gasteiger partial charge >= 0.3 is 0 Å². The zero-order chi connectivity index (χ0) is 41.4. The number of unbranched alkanes of at least 4 members (excludes halogenated alkanes) is 2. The third kappa shape index (κ3) is 13.2. The number of hydrogen-bond acceptors (Lipinski definition) is 14. The van der Waals surface area contributed by atoms with Crippen molar-refractivity contribution >= 4 is 57.2 Å². The van der Waals surface area contributed by atoms with Gasteiger partial charge in [0.15, 0.2) is 11.6 Å². The first-order valence-electron chi connectivity index (χ1n) is 19.8. The van der Waals surface area contributed by atoms with Crippen LogP contribution in [0.2, 0.25) is 0 Å². The highest BCUT2D eigenvalue weighted by molar-refractivity contribution is 5.87. The fourth-order valence-electron chi connectivity index (χ4n) is 6.49. The molecule has 5 N–H and O–H groups in total. The van der Waals surface area contributed by atoms with Crippen LogP contribution in [0.15, 0.2) is 54.9 Å². The minimum absolute atomic E-state index is 0.186. The van der Waals surface area contributed by atoms with Crippen molar-refractivity contribution in [1.29, 1.82) is 0 Å². The number of fused-ring (bicyclic) bond motifs is 2. The summed E-state index contributed by atoms with van der Waals surface area (Å²) in [5.74, 6) is 3.85. The maximum Gasteiger partial charge on any atom is 0.225 e. The zero-order valence-electron chi connectivity index (χ0n) is 34.9. The van der Waals surface area contributed by atoms with Crippen LogP contribution in [0, 0.1) is 0 Å². The molecule has 2 atom stereocenters. The Balaban J connectivity index is 0.000000273. The lowest BCUT2D eigenvalue weighted by Crippen LogP contribution is -2.36. The monoisotopic (exact) mass is 780 g/mol. The predicted octanol–water partition coefficient (Wildman–Crippen LogP) is 8.72. The molecule has 4 aromatic heterocycles. The Morgan fingerprint density at radius 3 is 1.77 bits per heavy atom. The van der Waals surface area contributed by atoms with Gasteiger partial charge in [0.25, 0.3) is 0 Å². The molecular weight excluding hydrogens is 721 g/mol. The van der Waals surface area contributed by atoms with Gasteiger partial charge in [0.1, 0.15) is 34.1 Å². The number of nitrogens with one attached hydrogen (secondary N) is 3. The number of ether oxygens (including phenoxy) is 2. The average molecular weight is 781 g/mol. The largest absolute Gasteiger partial charge is 0.497 e. The third-order valence-electron chi connectivity index (χ3n) is 9.92. The normalized spacial score (nSPS) is 13.1. The van der Waals surface area contributed by atoms with Gasteiger partial charge in [0.2, 0.25) is 11.9 Å². The van der Waals surface area contributed by atoms with Crippen molar-refractivity contribution in [2.24, 2.45) is 0 Å². The number of Topliss-reactive ketones (excluding diaryl/α,β-unsaturated/α-hetero) is 2. The van der Waals surface area contributed by atoms with E-state index in [1.807, 2.05) is 42.5 Å². The highest BCUT2D eigenvalue weighted by atomic mass is 16.5. The van der Waals surface area contributed by atoms with Crippen molar-refractivity contribution in [2.75, 3.05) is 35.9 Å². The minimum Gasteiger partial charge on any atom is -0.497 e. The third-order valence-corrected chi connectivity index (χ3v) is 9.92. The number of carbonyl (C=O) groups is 2. The molecule has 0 fully saturated rings. The summed E-state index contributed by atoms with van der Waals surface area (Å²) in [5, 5.41) is 10.4. The molecule has 14 heteroatoms. The van der Waals surface area contributed by atoms with Gasteiger partial charge in [-0.25, -0.2) is 9.97 Å². The fourth-order valence-corrected chi connectivity index (χ4v) is 6.49. The number of aromatic nitrogens is 6. The van der Waals surface area contributed by atoms with Crippen LogP contribution >= 0.6 is 0 Å². The second-order valence-electron chi connectivity index (χ2n) is 15.1. The van der Waals surface area contributed by atoms with E-state index in [1.54, 1.807) is 40.5 Å². The van der Waals surface area contributed by atoms with E-state index in [0.717, 1.165) is 73.9 Å². The lowest BCUT2D eigenvalue weighted by molar-refractivity contribution is -0.118. The number of benzene rings is 1. The lowest BCUT2D eigenvalue weighted by Gasteiger charge is -2.32. The first-order chi connectivity index (χ1) is 27.3. The molecule has 0 bridgehead atoms. The molecule has 0 saturated carbocycles. The van der Waals surface area contributed by atoms with E-state index in [2.05, 4.69) is 68.6 Å². The van der Waals surface area contributed by atoms with Gasteiger partial charge in [-0.15, -0.1) is 0 Å². The van der Waals surface area contributed by atoms with Crippen molar-refractivity contribution in [3.63, 3.8) is 0 Å². The Morgan fingerprint density at radius 2 is 1.26 bits per heavy atom. The zero-order valence-corrected chi connectivity index (χ0v) is 34.9. The summed E-state index contributed by atoms with van der Waals surface area (Å²) in [6, 6.07) is 13.2. The molecule has 5 aromatic rings. The molecule has 0 aliphatic rings. The molecule has 0 aliphatic carbocycles. The topological polar surface area (TPSA) is 192 Å². The van der Waals surface area contributed by atoms with Gasteiger partial charge in [0, 0.05) is 54.5 Å². The van der Waals surface area contributed by atoms with Crippen LogP contribution in [0.4, 0.5) is 23.5 Å².